The molecule has 128 valence electrons. The largest absolute Gasteiger partial charge is 0.325 e. The number of amides is 1. The molecule has 4 heteroatoms. The van der Waals surface area contributed by atoms with Gasteiger partial charge in [-0.1, -0.05) is 43.3 Å². The summed E-state index contributed by atoms with van der Waals surface area (Å²) in [6.07, 6.45) is 4.00. The molecule has 1 aliphatic rings. The molecule has 0 spiro atoms. The number of nitrogens with one attached hydrogen (secondary N) is 2. The molecular formula is C20H25ClN2O. The summed E-state index contributed by atoms with van der Waals surface area (Å²) in [5.74, 6) is 0.0481. The summed E-state index contributed by atoms with van der Waals surface area (Å²) < 4.78 is 0. The Kier molecular flexibility index (Phi) is 6.83. The number of benzene rings is 2. The van der Waals surface area contributed by atoms with E-state index < -0.39 is 0 Å². The molecule has 0 atom stereocenters. The third-order valence-electron chi connectivity index (χ3n) is 4.38. The minimum Gasteiger partial charge on any atom is -0.325 e. The van der Waals surface area contributed by atoms with Crippen LogP contribution in [-0.4, -0.2) is 12.5 Å². The standard InChI is InChI=1S/C20H24N2O.ClH/c1-2-21-14-18-6-3-4-9-19(18)22-20(23)13-15-10-11-16-7-5-8-17(16)12-15;/h3-4,6,9-12,21H,2,5,7-8,13-14H2,1H3,(H,22,23);1H. The van der Waals surface area contributed by atoms with Crippen LogP contribution in [0.4, 0.5) is 5.69 Å². The molecule has 0 saturated carbocycles. The van der Waals surface area contributed by atoms with Gasteiger partial charge in [0.2, 0.25) is 5.91 Å². The van der Waals surface area contributed by atoms with Gasteiger partial charge in [0.25, 0.3) is 0 Å². The number of anilines is 1. The number of halogens is 1. The van der Waals surface area contributed by atoms with Crippen LogP contribution < -0.4 is 10.6 Å². The van der Waals surface area contributed by atoms with E-state index in [1.807, 2.05) is 24.3 Å². The maximum Gasteiger partial charge on any atom is 0.228 e. The SMILES string of the molecule is CCNCc1ccccc1NC(=O)Cc1ccc2c(c1)CCC2.Cl. The highest BCUT2D eigenvalue weighted by atomic mass is 35.5. The molecule has 1 amide bonds. The van der Waals surface area contributed by atoms with Gasteiger partial charge in [-0.2, -0.15) is 0 Å². The Balaban J connectivity index is 0.00000208. The molecule has 2 aromatic carbocycles. The summed E-state index contributed by atoms with van der Waals surface area (Å²) in [6, 6.07) is 14.5. The van der Waals surface area contributed by atoms with Crippen LogP contribution in [0.25, 0.3) is 0 Å². The van der Waals surface area contributed by atoms with E-state index in [0.29, 0.717) is 6.42 Å². The van der Waals surface area contributed by atoms with Gasteiger partial charge in [-0.3, -0.25) is 4.79 Å². The van der Waals surface area contributed by atoms with Gasteiger partial charge < -0.3 is 10.6 Å². The lowest BCUT2D eigenvalue weighted by molar-refractivity contribution is -0.115. The summed E-state index contributed by atoms with van der Waals surface area (Å²) in [7, 11) is 0. The van der Waals surface area contributed by atoms with Gasteiger partial charge in [0.15, 0.2) is 0 Å². The number of rotatable bonds is 6. The Morgan fingerprint density at radius 3 is 2.71 bits per heavy atom. The first-order valence-corrected chi connectivity index (χ1v) is 8.45. The van der Waals surface area contributed by atoms with Crippen molar-refractivity contribution in [3.63, 3.8) is 0 Å². The van der Waals surface area contributed by atoms with Crippen molar-refractivity contribution in [2.75, 3.05) is 11.9 Å². The van der Waals surface area contributed by atoms with Crippen molar-refractivity contribution in [3.8, 4) is 0 Å². The van der Waals surface area contributed by atoms with Gasteiger partial charge in [-0.05, 0) is 54.1 Å². The molecule has 0 radical (unpaired) electrons. The Hall–Kier alpha value is -1.84. The fourth-order valence-electron chi connectivity index (χ4n) is 3.17. The smallest absolute Gasteiger partial charge is 0.228 e. The zero-order valence-corrected chi connectivity index (χ0v) is 14.9. The van der Waals surface area contributed by atoms with Crippen LogP contribution in [0.1, 0.15) is 35.6 Å². The van der Waals surface area contributed by atoms with E-state index in [2.05, 4.69) is 35.8 Å². The number of hydrogen-bond acceptors (Lipinski definition) is 2. The van der Waals surface area contributed by atoms with Crippen LogP contribution in [0.2, 0.25) is 0 Å². The Labute approximate surface area is 150 Å². The number of hydrogen-bond donors (Lipinski definition) is 2. The van der Waals surface area contributed by atoms with Crippen LogP contribution in [0, 0.1) is 0 Å². The first-order valence-electron chi connectivity index (χ1n) is 8.45. The van der Waals surface area contributed by atoms with Crippen molar-refractivity contribution in [3.05, 3.63) is 64.7 Å². The maximum absolute atomic E-state index is 12.4. The predicted molar refractivity (Wildman–Crippen MR) is 102 cm³/mol. The second-order valence-corrected chi connectivity index (χ2v) is 6.12. The quantitative estimate of drug-likeness (QED) is 0.834. The summed E-state index contributed by atoms with van der Waals surface area (Å²) in [5, 5.41) is 6.36. The fraction of sp³-hybridized carbons (Fsp3) is 0.350. The Bertz CT molecular complexity index is 700. The Morgan fingerprint density at radius 1 is 1.08 bits per heavy atom. The number of aryl methyl sites for hydroxylation is 2. The van der Waals surface area contributed by atoms with E-state index in [4.69, 9.17) is 0 Å². The zero-order valence-electron chi connectivity index (χ0n) is 14.1. The minimum atomic E-state index is 0. The van der Waals surface area contributed by atoms with Crippen LogP contribution in [0.5, 0.6) is 0 Å². The molecule has 0 saturated heterocycles. The lowest BCUT2D eigenvalue weighted by Crippen LogP contribution is -2.18. The van der Waals surface area contributed by atoms with E-state index in [-0.39, 0.29) is 18.3 Å². The molecule has 24 heavy (non-hydrogen) atoms. The van der Waals surface area contributed by atoms with E-state index in [9.17, 15) is 4.79 Å². The monoisotopic (exact) mass is 344 g/mol. The first kappa shape index (κ1) is 18.5. The van der Waals surface area contributed by atoms with Crippen molar-refractivity contribution >= 4 is 24.0 Å². The molecule has 0 aromatic heterocycles. The van der Waals surface area contributed by atoms with Crippen LogP contribution in [0.3, 0.4) is 0 Å². The molecule has 0 aliphatic heterocycles. The second kappa shape index (κ2) is 8.86. The van der Waals surface area contributed by atoms with Crippen molar-refractivity contribution in [1.29, 1.82) is 0 Å². The molecule has 0 fully saturated rings. The fourth-order valence-corrected chi connectivity index (χ4v) is 3.17. The molecule has 0 unspecified atom stereocenters. The van der Waals surface area contributed by atoms with Crippen molar-refractivity contribution < 1.29 is 4.79 Å². The van der Waals surface area contributed by atoms with E-state index >= 15 is 0 Å². The summed E-state index contributed by atoms with van der Waals surface area (Å²) in [6.45, 7) is 3.76. The minimum absolute atomic E-state index is 0. The third kappa shape index (κ3) is 4.59. The molecule has 3 rings (SSSR count). The zero-order chi connectivity index (χ0) is 16.1. The van der Waals surface area contributed by atoms with Crippen molar-refractivity contribution in [2.24, 2.45) is 0 Å². The van der Waals surface area contributed by atoms with Crippen LogP contribution in [-0.2, 0) is 30.6 Å². The number of para-hydroxylation sites is 1. The molecule has 0 heterocycles. The van der Waals surface area contributed by atoms with E-state index in [0.717, 1.165) is 36.3 Å². The van der Waals surface area contributed by atoms with E-state index in [1.165, 1.54) is 24.0 Å². The summed E-state index contributed by atoms with van der Waals surface area (Å²) in [4.78, 5) is 12.4. The summed E-state index contributed by atoms with van der Waals surface area (Å²) in [5.41, 5.74) is 6.00. The highest BCUT2D eigenvalue weighted by Gasteiger charge is 2.13. The lowest BCUT2D eigenvalue weighted by atomic mass is 10.0. The molecule has 3 nitrogen and oxygen atoms in total. The first-order chi connectivity index (χ1) is 11.3. The molecule has 2 aromatic rings. The average molecular weight is 345 g/mol. The second-order valence-electron chi connectivity index (χ2n) is 6.12. The highest BCUT2D eigenvalue weighted by Crippen LogP contribution is 2.23. The van der Waals surface area contributed by atoms with E-state index in [1.54, 1.807) is 0 Å². The average Bonchev–Trinajstić information content (AvgIpc) is 3.01. The van der Waals surface area contributed by atoms with Crippen molar-refractivity contribution in [2.45, 2.75) is 39.2 Å². The maximum atomic E-state index is 12.4. The lowest BCUT2D eigenvalue weighted by Gasteiger charge is -2.12. The van der Waals surface area contributed by atoms with Gasteiger partial charge in [-0.15, -0.1) is 12.4 Å². The van der Waals surface area contributed by atoms with Gasteiger partial charge in [0.05, 0.1) is 6.42 Å². The highest BCUT2D eigenvalue weighted by molar-refractivity contribution is 5.93. The van der Waals surface area contributed by atoms with Gasteiger partial charge in [0, 0.05) is 12.2 Å². The topological polar surface area (TPSA) is 41.1 Å². The normalized spacial score (nSPS) is 12.4. The van der Waals surface area contributed by atoms with Gasteiger partial charge in [0.1, 0.15) is 0 Å². The molecule has 2 N–H and O–H groups in total. The van der Waals surface area contributed by atoms with Crippen LogP contribution >= 0.6 is 12.4 Å². The van der Waals surface area contributed by atoms with Crippen LogP contribution in [0.15, 0.2) is 42.5 Å². The van der Waals surface area contributed by atoms with Gasteiger partial charge in [-0.25, -0.2) is 0 Å². The summed E-state index contributed by atoms with van der Waals surface area (Å²) >= 11 is 0. The number of fused-ring (bicyclic) bond motifs is 1. The Morgan fingerprint density at radius 2 is 1.88 bits per heavy atom. The van der Waals surface area contributed by atoms with Crippen molar-refractivity contribution in [1.82, 2.24) is 5.32 Å². The molecular weight excluding hydrogens is 320 g/mol. The third-order valence-corrected chi connectivity index (χ3v) is 4.38. The number of carbonyl (C=O) groups is 1. The predicted octanol–water partition coefficient (Wildman–Crippen LogP) is 3.89. The molecule has 1 aliphatic carbocycles. The number of carbonyl (C=O) groups excluding carboxylic acids is 1. The molecule has 0 bridgehead atoms. The van der Waals surface area contributed by atoms with Gasteiger partial charge >= 0.3 is 0 Å².